The maximum Gasteiger partial charge on any atom is 0.350 e. The summed E-state index contributed by atoms with van der Waals surface area (Å²) < 4.78 is 6.94. The van der Waals surface area contributed by atoms with E-state index in [0.717, 1.165) is 0 Å². The van der Waals surface area contributed by atoms with E-state index in [1.165, 1.54) is 10.8 Å². The van der Waals surface area contributed by atoms with E-state index in [-0.39, 0.29) is 18.6 Å². The van der Waals surface area contributed by atoms with Crippen molar-refractivity contribution in [3.63, 3.8) is 0 Å². The minimum Gasteiger partial charge on any atom is -0.385 e. The van der Waals surface area contributed by atoms with Gasteiger partial charge in [0.2, 0.25) is 0 Å². The summed E-state index contributed by atoms with van der Waals surface area (Å²) in [5.74, 6) is -0.0943. The molecule has 7 heteroatoms. The van der Waals surface area contributed by atoms with Gasteiger partial charge < -0.3 is 15.1 Å². The van der Waals surface area contributed by atoms with Crippen molar-refractivity contribution in [3.8, 4) is 0 Å². The number of aromatic nitrogens is 2. The number of ether oxygens (including phenoxy) is 1. The lowest BCUT2D eigenvalue weighted by Crippen LogP contribution is -2.42. The van der Waals surface area contributed by atoms with Crippen molar-refractivity contribution in [2.24, 2.45) is 5.92 Å². The van der Waals surface area contributed by atoms with Gasteiger partial charge in [-0.25, -0.2) is 4.79 Å². The molecule has 2 unspecified atom stereocenters. The summed E-state index contributed by atoms with van der Waals surface area (Å²) in [7, 11) is 0. The summed E-state index contributed by atoms with van der Waals surface area (Å²) >= 11 is 0. The third-order valence-electron chi connectivity index (χ3n) is 3.87. The van der Waals surface area contributed by atoms with Crippen molar-refractivity contribution in [3.05, 3.63) is 28.4 Å². The third kappa shape index (κ3) is 2.42. The lowest BCUT2D eigenvalue weighted by molar-refractivity contribution is -0.0857. The molecule has 1 fully saturated rings. The molecular formula is C12H19N3O4. The van der Waals surface area contributed by atoms with Crippen LogP contribution in [0.25, 0.3) is 0 Å². The standard InChI is InChI=1S/C12H19N3O4/c1-7-8(2)19-10(12(7,3)17)15-5-4-9(6-13-18)14-11(15)16/h4-5,7-8,10,13,17-18H,6H2,1-3H3/t7?,8?,10-,12+/m1/s1. The second-order valence-corrected chi connectivity index (χ2v) is 5.15. The van der Waals surface area contributed by atoms with Crippen LogP contribution in [0.5, 0.6) is 0 Å². The van der Waals surface area contributed by atoms with Crippen molar-refractivity contribution >= 4 is 0 Å². The van der Waals surface area contributed by atoms with E-state index in [4.69, 9.17) is 9.94 Å². The van der Waals surface area contributed by atoms with Crippen LogP contribution >= 0.6 is 0 Å². The fourth-order valence-electron chi connectivity index (χ4n) is 2.31. The van der Waals surface area contributed by atoms with Gasteiger partial charge >= 0.3 is 5.69 Å². The molecule has 4 atom stereocenters. The fraction of sp³-hybridized carbons (Fsp3) is 0.667. The van der Waals surface area contributed by atoms with Gasteiger partial charge in [0.15, 0.2) is 6.23 Å². The van der Waals surface area contributed by atoms with Crippen molar-refractivity contribution in [1.29, 1.82) is 0 Å². The first-order valence-corrected chi connectivity index (χ1v) is 6.20. The number of rotatable bonds is 3. The number of hydrogen-bond acceptors (Lipinski definition) is 6. The average molecular weight is 269 g/mol. The summed E-state index contributed by atoms with van der Waals surface area (Å²) in [5.41, 5.74) is 0.707. The zero-order valence-corrected chi connectivity index (χ0v) is 11.2. The zero-order valence-electron chi connectivity index (χ0n) is 11.2. The topological polar surface area (TPSA) is 96.6 Å². The zero-order chi connectivity index (χ0) is 14.2. The molecule has 1 aromatic rings. The van der Waals surface area contributed by atoms with E-state index < -0.39 is 17.5 Å². The van der Waals surface area contributed by atoms with Crippen molar-refractivity contribution in [2.75, 3.05) is 0 Å². The largest absolute Gasteiger partial charge is 0.385 e. The number of hydrogen-bond donors (Lipinski definition) is 3. The number of nitrogens with one attached hydrogen (secondary N) is 1. The Balaban J connectivity index is 2.35. The highest BCUT2D eigenvalue weighted by Gasteiger charge is 2.49. The van der Waals surface area contributed by atoms with Gasteiger partial charge in [-0.1, -0.05) is 6.92 Å². The maximum atomic E-state index is 12.0. The van der Waals surface area contributed by atoms with Crippen LogP contribution in [-0.2, 0) is 11.3 Å². The Morgan fingerprint density at radius 3 is 2.74 bits per heavy atom. The van der Waals surface area contributed by atoms with E-state index in [2.05, 4.69) is 4.98 Å². The van der Waals surface area contributed by atoms with E-state index in [9.17, 15) is 9.90 Å². The Kier molecular flexibility index (Phi) is 3.73. The molecule has 0 spiro atoms. The summed E-state index contributed by atoms with van der Waals surface area (Å²) in [5, 5.41) is 19.1. The molecule has 1 aliphatic heterocycles. The number of aliphatic hydroxyl groups is 1. The highest BCUT2D eigenvalue weighted by atomic mass is 16.5. The smallest absolute Gasteiger partial charge is 0.350 e. The maximum absolute atomic E-state index is 12.0. The minimum absolute atomic E-state index is 0.0881. The van der Waals surface area contributed by atoms with E-state index in [1.54, 1.807) is 13.0 Å². The van der Waals surface area contributed by atoms with Crippen LogP contribution in [0.3, 0.4) is 0 Å². The predicted molar refractivity (Wildman–Crippen MR) is 66.5 cm³/mol. The summed E-state index contributed by atoms with van der Waals surface area (Å²) in [6.45, 7) is 5.49. The highest BCUT2D eigenvalue weighted by molar-refractivity contribution is 5.02. The lowest BCUT2D eigenvalue weighted by atomic mass is 9.88. The summed E-state index contributed by atoms with van der Waals surface area (Å²) in [6.07, 6.45) is 0.616. The molecule has 0 saturated carbocycles. The number of nitrogens with zero attached hydrogens (tertiary/aromatic N) is 2. The quantitative estimate of drug-likeness (QED) is 0.670. The van der Waals surface area contributed by atoms with Gasteiger partial charge in [-0.3, -0.25) is 4.57 Å². The van der Waals surface area contributed by atoms with Gasteiger partial charge in [-0.2, -0.15) is 10.5 Å². The molecule has 0 amide bonds. The molecular weight excluding hydrogens is 250 g/mol. The van der Waals surface area contributed by atoms with Crippen LogP contribution in [0.1, 0.15) is 32.7 Å². The highest BCUT2D eigenvalue weighted by Crippen LogP contribution is 2.41. The van der Waals surface area contributed by atoms with Crippen LogP contribution in [0.4, 0.5) is 0 Å². The Bertz CT molecular complexity index is 514. The molecule has 19 heavy (non-hydrogen) atoms. The number of hydroxylamine groups is 1. The fourth-order valence-corrected chi connectivity index (χ4v) is 2.31. The first-order valence-electron chi connectivity index (χ1n) is 6.20. The van der Waals surface area contributed by atoms with Gasteiger partial charge in [0.25, 0.3) is 0 Å². The second-order valence-electron chi connectivity index (χ2n) is 5.15. The molecule has 7 nitrogen and oxygen atoms in total. The third-order valence-corrected chi connectivity index (χ3v) is 3.87. The van der Waals surface area contributed by atoms with Crippen LogP contribution < -0.4 is 11.2 Å². The molecule has 3 N–H and O–H groups in total. The molecule has 1 saturated heterocycles. The Morgan fingerprint density at radius 2 is 2.26 bits per heavy atom. The van der Waals surface area contributed by atoms with Crippen molar-refractivity contribution < 1.29 is 15.1 Å². The van der Waals surface area contributed by atoms with Gasteiger partial charge in [-0.05, 0) is 19.9 Å². The van der Waals surface area contributed by atoms with Crippen LogP contribution in [0.2, 0.25) is 0 Å². The predicted octanol–water partition coefficient (Wildman–Crippen LogP) is 0.0265. The lowest BCUT2D eigenvalue weighted by Gasteiger charge is -2.28. The van der Waals surface area contributed by atoms with E-state index in [1.807, 2.05) is 19.3 Å². The van der Waals surface area contributed by atoms with Gasteiger partial charge in [0, 0.05) is 12.1 Å². The normalized spacial score (nSPS) is 34.7. The minimum atomic E-state index is -1.14. The average Bonchev–Trinajstić information content (AvgIpc) is 2.54. The first kappa shape index (κ1) is 14.1. The first-order chi connectivity index (χ1) is 8.87. The molecule has 0 radical (unpaired) electrons. The second kappa shape index (κ2) is 5.01. The van der Waals surface area contributed by atoms with Crippen LogP contribution in [-0.4, -0.2) is 31.6 Å². The van der Waals surface area contributed by atoms with Gasteiger partial charge in [0.05, 0.1) is 18.3 Å². The molecule has 1 aliphatic rings. The Morgan fingerprint density at radius 1 is 1.58 bits per heavy atom. The molecule has 2 rings (SSSR count). The molecule has 106 valence electrons. The van der Waals surface area contributed by atoms with E-state index >= 15 is 0 Å². The molecule has 0 bridgehead atoms. The van der Waals surface area contributed by atoms with Gasteiger partial charge in [0.1, 0.15) is 5.60 Å². The van der Waals surface area contributed by atoms with Crippen LogP contribution in [0.15, 0.2) is 17.1 Å². The Hall–Kier alpha value is -1.28. The van der Waals surface area contributed by atoms with Crippen molar-refractivity contribution in [2.45, 2.75) is 45.2 Å². The molecule has 2 heterocycles. The molecule has 0 aromatic carbocycles. The molecule has 0 aliphatic carbocycles. The Labute approximate surface area is 110 Å². The molecule has 1 aromatic heterocycles. The van der Waals surface area contributed by atoms with E-state index in [0.29, 0.717) is 5.69 Å². The van der Waals surface area contributed by atoms with Gasteiger partial charge in [-0.15, -0.1) is 0 Å². The summed E-state index contributed by atoms with van der Waals surface area (Å²) in [6, 6.07) is 1.59. The monoisotopic (exact) mass is 269 g/mol. The van der Waals surface area contributed by atoms with Crippen molar-refractivity contribution in [1.82, 2.24) is 15.0 Å². The van der Waals surface area contributed by atoms with Crippen LogP contribution in [0, 0.1) is 5.92 Å². The summed E-state index contributed by atoms with van der Waals surface area (Å²) in [4.78, 5) is 15.8. The SMILES string of the molecule is CC1O[C@@H](n2ccc(CNO)nc2=O)[C@@](C)(O)C1C.